The third-order valence-corrected chi connectivity index (χ3v) is 3.10. The van der Waals surface area contributed by atoms with Crippen molar-refractivity contribution in [2.75, 3.05) is 5.32 Å². The molecule has 1 atom stereocenters. The van der Waals surface area contributed by atoms with Crippen molar-refractivity contribution in [3.8, 4) is 0 Å². The average molecular weight is 197 g/mol. The lowest BCUT2D eigenvalue weighted by Crippen LogP contribution is -2.34. The van der Waals surface area contributed by atoms with E-state index in [4.69, 9.17) is 5.73 Å². The standard InChI is InChI=1S/C8H11N3OS/c1-4-10-7-6(13-4)3-2-5(9)8(12)11-7/h5H,2-3,9H2,1H3,(H,11,12). The van der Waals surface area contributed by atoms with Crippen LogP contribution in [0.4, 0.5) is 5.82 Å². The summed E-state index contributed by atoms with van der Waals surface area (Å²) in [7, 11) is 0. The fourth-order valence-electron chi connectivity index (χ4n) is 1.36. The number of hydrogen-bond acceptors (Lipinski definition) is 4. The zero-order valence-corrected chi connectivity index (χ0v) is 8.15. The van der Waals surface area contributed by atoms with E-state index >= 15 is 0 Å². The molecule has 4 nitrogen and oxygen atoms in total. The monoisotopic (exact) mass is 197 g/mol. The van der Waals surface area contributed by atoms with E-state index in [-0.39, 0.29) is 11.9 Å². The molecule has 2 rings (SSSR count). The van der Waals surface area contributed by atoms with Crippen molar-refractivity contribution in [2.24, 2.45) is 5.73 Å². The van der Waals surface area contributed by atoms with Gasteiger partial charge in [0, 0.05) is 4.88 Å². The molecule has 0 fully saturated rings. The summed E-state index contributed by atoms with van der Waals surface area (Å²) in [6, 6.07) is -0.387. The number of thiazole rings is 1. The van der Waals surface area contributed by atoms with Crippen molar-refractivity contribution in [3.63, 3.8) is 0 Å². The third kappa shape index (κ3) is 1.57. The SMILES string of the molecule is Cc1nc2c(s1)CCC(N)C(=O)N2. The van der Waals surface area contributed by atoms with Crippen LogP contribution in [0.25, 0.3) is 0 Å². The van der Waals surface area contributed by atoms with Gasteiger partial charge < -0.3 is 11.1 Å². The highest BCUT2D eigenvalue weighted by atomic mass is 32.1. The van der Waals surface area contributed by atoms with E-state index < -0.39 is 0 Å². The molecule has 0 aromatic carbocycles. The minimum Gasteiger partial charge on any atom is -0.320 e. The van der Waals surface area contributed by atoms with E-state index in [1.807, 2.05) is 6.92 Å². The second-order valence-corrected chi connectivity index (χ2v) is 4.43. The summed E-state index contributed by atoms with van der Waals surface area (Å²) in [5, 5.41) is 3.72. The molecule has 0 aliphatic carbocycles. The summed E-state index contributed by atoms with van der Waals surface area (Å²) >= 11 is 1.63. The average Bonchev–Trinajstić information content (AvgIpc) is 2.36. The second kappa shape index (κ2) is 3.08. The van der Waals surface area contributed by atoms with Gasteiger partial charge in [-0.25, -0.2) is 4.98 Å². The van der Waals surface area contributed by atoms with Crippen molar-refractivity contribution in [3.05, 3.63) is 9.88 Å². The van der Waals surface area contributed by atoms with E-state index in [9.17, 15) is 4.79 Å². The second-order valence-electron chi connectivity index (χ2n) is 3.14. The molecule has 0 spiro atoms. The van der Waals surface area contributed by atoms with Crippen LogP contribution >= 0.6 is 11.3 Å². The van der Waals surface area contributed by atoms with E-state index in [1.54, 1.807) is 11.3 Å². The van der Waals surface area contributed by atoms with Gasteiger partial charge in [0.2, 0.25) is 5.91 Å². The molecule has 1 aliphatic rings. The minimum atomic E-state index is -0.387. The molecule has 0 saturated heterocycles. The number of amides is 1. The summed E-state index contributed by atoms with van der Waals surface area (Å²) in [6.45, 7) is 1.94. The van der Waals surface area contributed by atoms with Gasteiger partial charge in [0.1, 0.15) is 5.82 Å². The Kier molecular flexibility index (Phi) is 2.05. The molecule has 1 amide bonds. The first-order valence-corrected chi connectivity index (χ1v) is 5.01. The van der Waals surface area contributed by atoms with Crippen molar-refractivity contribution in [1.82, 2.24) is 4.98 Å². The molecular weight excluding hydrogens is 186 g/mol. The number of anilines is 1. The molecule has 0 radical (unpaired) electrons. The molecule has 5 heteroatoms. The molecule has 13 heavy (non-hydrogen) atoms. The number of nitrogens with one attached hydrogen (secondary N) is 1. The Morgan fingerprint density at radius 1 is 1.69 bits per heavy atom. The van der Waals surface area contributed by atoms with Gasteiger partial charge in [0.15, 0.2) is 0 Å². The lowest BCUT2D eigenvalue weighted by atomic mass is 10.2. The maximum absolute atomic E-state index is 11.3. The van der Waals surface area contributed by atoms with E-state index in [0.29, 0.717) is 12.2 Å². The summed E-state index contributed by atoms with van der Waals surface area (Å²) in [5.41, 5.74) is 5.62. The van der Waals surface area contributed by atoms with Crippen LogP contribution in [0.5, 0.6) is 0 Å². The van der Waals surface area contributed by atoms with Gasteiger partial charge in [0.05, 0.1) is 11.0 Å². The fourth-order valence-corrected chi connectivity index (χ4v) is 2.27. The topological polar surface area (TPSA) is 68.0 Å². The number of nitrogens with zero attached hydrogens (tertiary/aromatic N) is 1. The first kappa shape index (κ1) is 8.65. The minimum absolute atomic E-state index is 0.121. The maximum Gasteiger partial charge on any atom is 0.242 e. The zero-order chi connectivity index (χ0) is 9.42. The van der Waals surface area contributed by atoms with E-state index in [2.05, 4.69) is 10.3 Å². The molecular formula is C8H11N3OS. The van der Waals surface area contributed by atoms with Crippen molar-refractivity contribution in [2.45, 2.75) is 25.8 Å². The van der Waals surface area contributed by atoms with Gasteiger partial charge in [0.25, 0.3) is 0 Å². The number of aromatic nitrogens is 1. The number of fused-ring (bicyclic) bond motifs is 1. The molecule has 1 aliphatic heterocycles. The number of aryl methyl sites for hydroxylation is 2. The Morgan fingerprint density at radius 2 is 2.46 bits per heavy atom. The van der Waals surface area contributed by atoms with Crippen LogP contribution in [0.2, 0.25) is 0 Å². The normalized spacial score (nSPS) is 22.0. The summed E-state index contributed by atoms with van der Waals surface area (Å²) < 4.78 is 0. The predicted octanol–water partition coefficient (Wildman–Crippen LogP) is 0.664. The van der Waals surface area contributed by atoms with Gasteiger partial charge in [-0.05, 0) is 19.8 Å². The molecule has 0 bridgehead atoms. The van der Waals surface area contributed by atoms with Crippen molar-refractivity contribution >= 4 is 23.1 Å². The Bertz CT molecular complexity index is 347. The maximum atomic E-state index is 11.3. The lowest BCUT2D eigenvalue weighted by Gasteiger charge is -2.04. The van der Waals surface area contributed by atoms with Gasteiger partial charge >= 0.3 is 0 Å². The summed E-state index contributed by atoms with van der Waals surface area (Å²) in [5.74, 6) is 0.588. The molecule has 1 aromatic rings. The molecule has 1 aromatic heterocycles. The Hall–Kier alpha value is -0.940. The predicted molar refractivity (Wildman–Crippen MR) is 51.8 cm³/mol. The number of nitrogens with two attached hydrogens (primary N) is 1. The fraction of sp³-hybridized carbons (Fsp3) is 0.500. The van der Waals surface area contributed by atoms with Crippen molar-refractivity contribution in [1.29, 1.82) is 0 Å². The highest BCUT2D eigenvalue weighted by molar-refractivity contribution is 7.12. The molecule has 1 unspecified atom stereocenters. The molecule has 2 heterocycles. The quantitative estimate of drug-likeness (QED) is 0.642. The summed E-state index contributed by atoms with van der Waals surface area (Å²) in [4.78, 5) is 16.7. The van der Waals surface area contributed by atoms with Crippen molar-refractivity contribution < 1.29 is 4.79 Å². The number of carbonyl (C=O) groups is 1. The largest absolute Gasteiger partial charge is 0.320 e. The van der Waals surface area contributed by atoms with Gasteiger partial charge in [-0.1, -0.05) is 0 Å². The number of hydrogen-bond donors (Lipinski definition) is 2. The van der Waals surface area contributed by atoms with E-state index in [0.717, 1.165) is 16.3 Å². The lowest BCUT2D eigenvalue weighted by molar-refractivity contribution is -0.117. The Morgan fingerprint density at radius 3 is 3.23 bits per heavy atom. The van der Waals surface area contributed by atoms with Crippen LogP contribution < -0.4 is 11.1 Å². The van der Waals surface area contributed by atoms with Crippen LogP contribution in [0.15, 0.2) is 0 Å². The highest BCUT2D eigenvalue weighted by Crippen LogP contribution is 2.26. The Balaban J connectivity index is 2.33. The van der Waals surface area contributed by atoms with Crippen LogP contribution in [0, 0.1) is 6.92 Å². The molecule has 3 N–H and O–H groups in total. The third-order valence-electron chi connectivity index (χ3n) is 2.07. The van der Waals surface area contributed by atoms with Crippen LogP contribution in [-0.2, 0) is 11.2 Å². The van der Waals surface area contributed by atoms with Gasteiger partial charge in [-0.2, -0.15) is 0 Å². The summed E-state index contributed by atoms with van der Waals surface area (Å²) in [6.07, 6.45) is 1.56. The molecule has 70 valence electrons. The van der Waals surface area contributed by atoms with Gasteiger partial charge in [-0.3, -0.25) is 4.79 Å². The van der Waals surface area contributed by atoms with Crippen LogP contribution in [0.3, 0.4) is 0 Å². The molecule has 0 saturated carbocycles. The first-order chi connectivity index (χ1) is 6.16. The number of rotatable bonds is 0. The number of carbonyl (C=O) groups excluding carboxylic acids is 1. The van der Waals surface area contributed by atoms with Crippen LogP contribution in [0.1, 0.15) is 16.3 Å². The Labute approximate surface area is 80.2 Å². The van der Waals surface area contributed by atoms with Crippen LogP contribution in [-0.4, -0.2) is 16.9 Å². The van der Waals surface area contributed by atoms with Gasteiger partial charge in [-0.15, -0.1) is 11.3 Å². The first-order valence-electron chi connectivity index (χ1n) is 4.19. The highest BCUT2D eigenvalue weighted by Gasteiger charge is 2.22. The smallest absolute Gasteiger partial charge is 0.242 e. The van der Waals surface area contributed by atoms with E-state index in [1.165, 1.54) is 0 Å². The zero-order valence-electron chi connectivity index (χ0n) is 7.33.